The summed E-state index contributed by atoms with van der Waals surface area (Å²) in [5, 5.41) is 17.9. The van der Waals surface area contributed by atoms with Crippen molar-refractivity contribution in [2.45, 2.75) is 57.0 Å². The Morgan fingerprint density at radius 2 is 1.90 bits per heavy atom. The number of rotatable bonds is 4. The van der Waals surface area contributed by atoms with Crippen molar-refractivity contribution in [3.63, 3.8) is 0 Å². The number of halogens is 1. The standard InChI is InChI=1S/C13H24FNO5Si/c1-12(2,3)21(4,5)20-8-13(14)6-9(10(16)17)15(7-13)11(18)19/h9H,6-8H2,1-5H3,(H,16,17)(H,18,19)/t9-,13+/m0/s1. The summed E-state index contributed by atoms with van der Waals surface area (Å²) in [6, 6.07) is -1.35. The van der Waals surface area contributed by atoms with Gasteiger partial charge >= 0.3 is 12.1 Å². The quantitative estimate of drug-likeness (QED) is 0.777. The van der Waals surface area contributed by atoms with E-state index in [1.807, 2.05) is 33.9 Å². The molecule has 0 spiro atoms. The van der Waals surface area contributed by atoms with Crippen LogP contribution in [0.3, 0.4) is 0 Å². The lowest BCUT2D eigenvalue weighted by Crippen LogP contribution is -2.46. The molecule has 0 aliphatic carbocycles. The van der Waals surface area contributed by atoms with Gasteiger partial charge < -0.3 is 14.6 Å². The van der Waals surface area contributed by atoms with Crippen LogP contribution in [0.1, 0.15) is 27.2 Å². The van der Waals surface area contributed by atoms with Gasteiger partial charge in [-0.05, 0) is 18.1 Å². The highest BCUT2D eigenvalue weighted by Crippen LogP contribution is 2.39. The first kappa shape index (κ1) is 17.9. The number of carboxylic acid groups (broad SMARTS) is 2. The molecule has 1 fully saturated rings. The predicted molar refractivity (Wildman–Crippen MR) is 77.8 cm³/mol. The van der Waals surface area contributed by atoms with Gasteiger partial charge in [-0.3, -0.25) is 4.90 Å². The maximum absolute atomic E-state index is 14.8. The second kappa shape index (κ2) is 5.56. The van der Waals surface area contributed by atoms with Crippen molar-refractivity contribution in [3.05, 3.63) is 0 Å². The second-order valence-corrected chi connectivity index (χ2v) is 12.0. The van der Waals surface area contributed by atoms with Gasteiger partial charge in [-0.2, -0.15) is 0 Å². The van der Waals surface area contributed by atoms with Crippen molar-refractivity contribution in [1.82, 2.24) is 4.90 Å². The Morgan fingerprint density at radius 1 is 1.38 bits per heavy atom. The zero-order valence-corrected chi connectivity index (χ0v) is 14.1. The molecule has 0 aromatic heterocycles. The fourth-order valence-corrected chi connectivity index (χ4v) is 3.04. The van der Waals surface area contributed by atoms with Crippen LogP contribution < -0.4 is 0 Å². The lowest BCUT2D eigenvalue weighted by Gasteiger charge is -2.37. The van der Waals surface area contributed by atoms with Gasteiger partial charge in [-0.15, -0.1) is 0 Å². The predicted octanol–water partition coefficient (Wildman–Crippen LogP) is 2.55. The third-order valence-corrected chi connectivity index (χ3v) is 8.90. The van der Waals surface area contributed by atoms with Crippen LogP contribution in [0.5, 0.6) is 0 Å². The number of alkyl halides is 1. The maximum atomic E-state index is 14.8. The molecule has 1 aliphatic heterocycles. The van der Waals surface area contributed by atoms with Crippen LogP contribution in [0.2, 0.25) is 18.1 Å². The lowest BCUT2D eigenvalue weighted by atomic mass is 10.0. The van der Waals surface area contributed by atoms with E-state index in [0.717, 1.165) is 0 Å². The molecule has 0 aromatic rings. The van der Waals surface area contributed by atoms with Crippen molar-refractivity contribution in [1.29, 1.82) is 0 Å². The smallest absolute Gasteiger partial charge is 0.408 e. The molecular formula is C13H24FNO5Si. The Hall–Kier alpha value is -1.15. The Kier molecular flexibility index (Phi) is 4.74. The van der Waals surface area contributed by atoms with E-state index in [1.165, 1.54) is 0 Å². The van der Waals surface area contributed by atoms with Gasteiger partial charge in [0, 0.05) is 6.42 Å². The Balaban J connectivity index is 2.80. The molecule has 6 nitrogen and oxygen atoms in total. The van der Waals surface area contributed by atoms with Crippen LogP contribution in [0.15, 0.2) is 0 Å². The zero-order chi connectivity index (χ0) is 16.6. The summed E-state index contributed by atoms with van der Waals surface area (Å²) in [6.45, 7) is 9.25. The summed E-state index contributed by atoms with van der Waals surface area (Å²) in [7, 11) is -2.17. The van der Waals surface area contributed by atoms with E-state index in [9.17, 15) is 14.0 Å². The van der Waals surface area contributed by atoms with Gasteiger partial charge in [0.2, 0.25) is 0 Å². The van der Waals surface area contributed by atoms with E-state index in [4.69, 9.17) is 14.6 Å². The maximum Gasteiger partial charge on any atom is 0.408 e. The first-order valence-electron chi connectivity index (χ1n) is 6.84. The molecule has 0 radical (unpaired) electrons. The Bertz CT molecular complexity index is 413. The lowest BCUT2D eigenvalue weighted by molar-refractivity contribution is -0.141. The highest BCUT2D eigenvalue weighted by Gasteiger charge is 2.51. The molecule has 2 N–H and O–H groups in total. The minimum Gasteiger partial charge on any atom is -0.480 e. The summed E-state index contributed by atoms with van der Waals surface area (Å²) in [5.74, 6) is -1.33. The third kappa shape index (κ3) is 3.94. The van der Waals surface area contributed by atoms with Gasteiger partial charge in [0.25, 0.3) is 0 Å². The minimum atomic E-state index is -2.17. The van der Waals surface area contributed by atoms with Crippen LogP contribution in [0.25, 0.3) is 0 Å². The molecule has 21 heavy (non-hydrogen) atoms. The van der Waals surface area contributed by atoms with E-state index in [1.54, 1.807) is 0 Å². The van der Waals surface area contributed by atoms with Crippen LogP contribution in [-0.4, -0.2) is 60.4 Å². The molecule has 1 saturated heterocycles. The summed E-state index contributed by atoms with van der Waals surface area (Å²) in [4.78, 5) is 22.7. The zero-order valence-electron chi connectivity index (χ0n) is 13.1. The SMILES string of the molecule is CC(C)(C)[Si](C)(C)OC[C@@]1(F)C[C@@H](C(=O)O)N(C(=O)O)C1. The topological polar surface area (TPSA) is 87.1 Å². The molecule has 122 valence electrons. The largest absolute Gasteiger partial charge is 0.480 e. The Labute approximate surface area is 125 Å². The molecule has 1 heterocycles. The van der Waals surface area contributed by atoms with Gasteiger partial charge in [0.05, 0.1) is 13.2 Å². The first-order chi connectivity index (χ1) is 9.29. The number of nitrogens with zero attached hydrogens (tertiary/aromatic N) is 1. The molecule has 1 rings (SSSR count). The molecule has 8 heteroatoms. The van der Waals surface area contributed by atoms with Crippen LogP contribution in [0, 0.1) is 0 Å². The molecule has 2 atom stereocenters. The number of aliphatic carboxylic acids is 1. The number of carbonyl (C=O) groups is 2. The van der Waals surface area contributed by atoms with Crippen molar-refractivity contribution in [2.75, 3.05) is 13.2 Å². The highest BCUT2D eigenvalue weighted by atomic mass is 28.4. The van der Waals surface area contributed by atoms with Crippen molar-refractivity contribution < 1.29 is 28.6 Å². The summed E-state index contributed by atoms with van der Waals surface area (Å²) < 4.78 is 20.6. The molecular weight excluding hydrogens is 297 g/mol. The molecule has 1 amide bonds. The highest BCUT2D eigenvalue weighted by molar-refractivity contribution is 6.74. The van der Waals surface area contributed by atoms with Gasteiger partial charge in [-0.25, -0.2) is 14.0 Å². The number of amides is 1. The molecule has 0 bridgehead atoms. The average Bonchev–Trinajstić information content (AvgIpc) is 2.65. The van der Waals surface area contributed by atoms with Crippen LogP contribution in [-0.2, 0) is 9.22 Å². The van der Waals surface area contributed by atoms with Crippen LogP contribution >= 0.6 is 0 Å². The first-order valence-corrected chi connectivity index (χ1v) is 9.75. The number of carboxylic acids is 1. The minimum absolute atomic E-state index is 0.0966. The number of hydrogen-bond acceptors (Lipinski definition) is 3. The molecule has 0 unspecified atom stereocenters. The third-order valence-electron chi connectivity index (χ3n) is 4.42. The number of likely N-dealkylation sites (tertiary alicyclic amines) is 1. The van der Waals surface area contributed by atoms with E-state index in [2.05, 4.69) is 0 Å². The van der Waals surface area contributed by atoms with Crippen LogP contribution in [0.4, 0.5) is 9.18 Å². The average molecular weight is 321 g/mol. The van der Waals surface area contributed by atoms with E-state index >= 15 is 0 Å². The molecule has 0 saturated carbocycles. The Morgan fingerprint density at radius 3 is 2.24 bits per heavy atom. The van der Waals surface area contributed by atoms with Crippen molar-refractivity contribution >= 4 is 20.4 Å². The fraction of sp³-hybridized carbons (Fsp3) is 0.846. The fourth-order valence-electron chi connectivity index (χ4n) is 1.99. The summed E-state index contributed by atoms with van der Waals surface area (Å²) in [6.07, 6.45) is -1.79. The van der Waals surface area contributed by atoms with Gasteiger partial charge in [0.15, 0.2) is 14.0 Å². The second-order valence-electron chi connectivity index (χ2n) is 7.17. The molecule has 0 aromatic carbocycles. The normalized spacial score (nSPS) is 27.0. The van der Waals surface area contributed by atoms with Crippen molar-refractivity contribution in [2.24, 2.45) is 0 Å². The molecule has 1 aliphatic rings. The van der Waals surface area contributed by atoms with E-state index < -0.39 is 38.6 Å². The monoisotopic (exact) mass is 321 g/mol. The summed E-state index contributed by atoms with van der Waals surface area (Å²) >= 11 is 0. The van der Waals surface area contributed by atoms with Gasteiger partial charge in [0.1, 0.15) is 6.04 Å². The van der Waals surface area contributed by atoms with Crippen molar-refractivity contribution in [3.8, 4) is 0 Å². The van der Waals surface area contributed by atoms with E-state index in [-0.39, 0.29) is 18.1 Å². The van der Waals surface area contributed by atoms with E-state index in [0.29, 0.717) is 4.90 Å². The number of hydrogen-bond donors (Lipinski definition) is 2. The summed E-state index contributed by atoms with van der Waals surface area (Å²) in [5.41, 5.74) is -1.95. The van der Waals surface area contributed by atoms with Gasteiger partial charge in [-0.1, -0.05) is 20.8 Å².